The topological polar surface area (TPSA) is 511 Å². The summed E-state index contributed by atoms with van der Waals surface area (Å²) in [5, 5.41) is 0. The Kier molecular flexibility index (Phi) is 29.6. The van der Waals surface area contributed by atoms with Crippen molar-refractivity contribution >= 4 is 69.1 Å². The van der Waals surface area contributed by atoms with Crippen molar-refractivity contribution in [1.82, 2.24) is 0 Å². The fourth-order valence-corrected chi connectivity index (χ4v) is 16.7. The first-order valence-electron chi connectivity index (χ1n) is 31.4. The Balaban J connectivity index is 0.000000170. The van der Waals surface area contributed by atoms with E-state index in [0.717, 1.165) is 34.9 Å². The molecule has 14 fully saturated rings. The number of rotatable bonds is 18. The van der Waals surface area contributed by atoms with Crippen LogP contribution in [0.15, 0.2) is 71.4 Å². The zero-order chi connectivity index (χ0) is 75.4. The van der Waals surface area contributed by atoms with E-state index in [0.29, 0.717) is 38.9 Å². The second kappa shape index (κ2) is 34.4. The van der Waals surface area contributed by atoms with E-state index in [1.807, 2.05) is 20.8 Å². The van der Waals surface area contributed by atoms with E-state index in [1.54, 1.807) is 21.3 Å². The second-order valence-electron chi connectivity index (χ2n) is 25.9. The van der Waals surface area contributed by atoms with Crippen molar-refractivity contribution in [3.8, 4) is 0 Å². The number of methoxy groups -OCH3 is 6. The SMILES string of the molecule is COC1C2OCC1(/C=C/P(=O)(O)O)OCC2C.COC1[C@@H]2OCC[C@]1(/C=C/P(=O)(O)O)O[C@H]2C.COC1[C@@H]2OC[C@]1(/C=C/P(=O)(O)O)O[C@H]2C.[B]C1CC2OCC(/C=C/P(=O)(O)O)(O1)C2OC.[B]C1O[C@@]2(/C=C/P(=O)(O)O)CO[C@@H]1C[C@@H]2OC.[B]C1O[C@@]2(/C=C/P(=O)(O)O)CO[C@@H]1[C@H](OC)C2. The van der Waals surface area contributed by atoms with E-state index in [2.05, 4.69) is 0 Å². The highest BCUT2D eigenvalue weighted by Crippen LogP contribution is 2.51. The second-order valence-corrected chi connectivity index (χ2v) is 34.8. The first-order valence-corrected chi connectivity index (χ1v) is 41.5. The zero-order valence-electron chi connectivity index (χ0n) is 56.7. The summed E-state index contributed by atoms with van der Waals surface area (Å²) in [5.41, 5.74) is -5.43. The number of ether oxygens (including phenoxy) is 18. The van der Waals surface area contributed by atoms with Gasteiger partial charge >= 0.3 is 45.6 Å². The van der Waals surface area contributed by atoms with E-state index in [1.165, 1.54) is 57.8 Å². The molecule has 6 radical (unpaired) electrons. The van der Waals surface area contributed by atoms with Crippen LogP contribution in [0, 0.1) is 5.92 Å². The van der Waals surface area contributed by atoms with Gasteiger partial charge in [-0.3, -0.25) is 27.4 Å². The lowest BCUT2D eigenvalue weighted by Gasteiger charge is -2.52. The molecule has 0 aromatic carbocycles. The molecule has 36 nitrogen and oxygen atoms in total. The summed E-state index contributed by atoms with van der Waals surface area (Å²) in [5.74, 6) is 5.24. The summed E-state index contributed by atoms with van der Waals surface area (Å²) in [6.07, 6.45) is 6.76. The summed E-state index contributed by atoms with van der Waals surface area (Å²) in [6, 6.07) is -1.77. The van der Waals surface area contributed by atoms with Gasteiger partial charge in [0.25, 0.3) is 0 Å². The molecule has 12 N–H and O–H groups in total. The lowest BCUT2D eigenvalue weighted by atomic mass is 9.78. The van der Waals surface area contributed by atoms with Gasteiger partial charge in [-0.15, -0.1) is 0 Å². The first-order chi connectivity index (χ1) is 46.7. The normalized spacial score (nSPS) is 42.4. The molecule has 12 bridgehead atoms. The standard InChI is InChI=1S/2C10H17O6P.3C9H14BO6P.C9H15O6P/c1-7-8-9(14-2)10(16-7,3-5-15-8)4-6-17(11,12)13;1-7-5-16-10(3-4-17(11,12)13)6-15-8(7)9(10)14-2;1-14-6-4-9(2-3-17(11,12)13)5-15-7(6)8(10)16-9;1-14-8-6-4-7(10)16-9(8,5-15-6)2-3-17(11,12)13;1-14-7-4-6-8(10)16-9(7,5-15-6)2-3-17(11,12)13;1-6-7-8(13-2)9(15-6,5-14-7)3-4-16(10,11)12/h4,6-9H,3,5H2,1-2H3,(H2,11,12,13);3-4,7-9H,5-6H2,1-2H3,(H2,11,12,13);3*2-3,6-8H,4-5H2,1H3,(H2,11,12,13);3-4,6-8H,5H2,1-2H3,(H2,10,11,12)/b6-4+;4-3+;3*3-2+;4-3+/t7-,8+,9?,10+;;6-,7-,8?,9-;;6-,7+,8?,9+;6-,7+,8?,9-/m0.1.10/s1. The zero-order valence-corrected chi connectivity index (χ0v) is 62.0. The lowest BCUT2D eigenvalue weighted by molar-refractivity contribution is -0.273. The van der Waals surface area contributed by atoms with E-state index in [9.17, 15) is 27.4 Å². The van der Waals surface area contributed by atoms with Gasteiger partial charge in [0.1, 0.15) is 99.9 Å². The molecule has 0 amide bonds. The van der Waals surface area contributed by atoms with Crippen molar-refractivity contribution in [1.29, 1.82) is 0 Å². The van der Waals surface area contributed by atoms with Crippen molar-refractivity contribution in [2.75, 3.05) is 88.9 Å². The van der Waals surface area contributed by atoms with Gasteiger partial charge in [-0.05, 0) is 56.7 Å². The Labute approximate surface area is 587 Å². The molecule has 0 saturated carbocycles. The van der Waals surface area contributed by atoms with E-state index in [-0.39, 0.29) is 118 Å². The molecule has 14 heterocycles. The van der Waals surface area contributed by atoms with Crippen molar-refractivity contribution in [2.45, 2.75) is 184 Å². The maximum absolute atomic E-state index is 10.9. The van der Waals surface area contributed by atoms with Gasteiger partial charge in [-0.25, -0.2) is 0 Å². The average molecular weight is 1560 g/mol. The van der Waals surface area contributed by atoms with Crippen molar-refractivity contribution in [3.63, 3.8) is 0 Å². The summed E-state index contributed by atoms with van der Waals surface area (Å²) in [4.78, 5) is 106. The highest BCUT2D eigenvalue weighted by atomic mass is 31.2. The predicted molar refractivity (Wildman–Crippen MR) is 353 cm³/mol. The van der Waals surface area contributed by atoms with Gasteiger partial charge in [-0.1, -0.05) is 6.92 Å². The molecular weight excluding hydrogens is 1470 g/mol. The summed E-state index contributed by atoms with van der Waals surface area (Å²) >= 11 is 0. The molecule has 14 saturated heterocycles. The molecular formula is C56H91B3O36P6. The quantitative estimate of drug-likeness (QED) is 0.0661. The third-order valence-corrected chi connectivity index (χ3v) is 21.8. The molecule has 570 valence electrons. The minimum atomic E-state index is -4.24. The molecule has 0 aromatic rings. The van der Waals surface area contributed by atoms with Crippen LogP contribution in [0.4, 0.5) is 0 Å². The lowest BCUT2D eigenvalue weighted by Crippen LogP contribution is -2.64. The van der Waals surface area contributed by atoms with Gasteiger partial charge in [0.2, 0.25) is 0 Å². The predicted octanol–water partition coefficient (Wildman–Crippen LogP) is 0.621. The molecule has 45 heteroatoms. The Morgan fingerprint density at radius 3 is 1.32 bits per heavy atom. The molecule has 12 unspecified atom stereocenters. The number of hydrogen-bond acceptors (Lipinski definition) is 24. The number of fused-ring (bicyclic) bond motifs is 14. The Morgan fingerprint density at radius 1 is 0.396 bits per heavy atom. The molecule has 0 aliphatic carbocycles. The van der Waals surface area contributed by atoms with E-state index >= 15 is 0 Å². The van der Waals surface area contributed by atoms with Crippen molar-refractivity contribution in [2.24, 2.45) is 5.92 Å². The van der Waals surface area contributed by atoms with Crippen LogP contribution in [-0.4, -0.2) is 308 Å². The molecule has 14 rings (SSSR count). The van der Waals surface area contributed by atoms with Crippen LogP contribution in [0.5, 0.6) is 0 Å². The van der Waals surface area contributed by atoms with Gasteiger partial charge in [0.15, 0.2) is 0 Å². The molecule has 24 atom stereocenters. The third kappa shape index (κ3) is 22.3. The Hall–Kier alpha value is -1.19. The minimum Gasteiger partial charge on any atom is -0.379 e. The van der Waals surface area contributed by atoms with Crippen LogP contribution in [0.3, 0.4) is 0 Å². The monoisotopic (exact) mass is 1560 g/mol. The van der Waals surface area contributed by atoms with Crippen LogP contribution in [0.1, 0.15) is 46.5 Å². The van der Waals surface area contributed by atoms with Gasteiger partial charge in [0, 0.05) is 121 Å². The highest BCUT2D eigenvalue weighted by Gasteiger charge is 2.61. The fourth-order valence-electron chi connectivity index (χ4n) is 14.0. The first kappa shape index (κ1) is 87.0. The van der Waals surface area contributed by atoms with E-state index in [4.69, 9.17) is 168 Å². The Morgan fingerprint density at radius 2 is 0.812 bits per heavy atom. The maximum Gasteiger partial charge on any atom is 0.348 e. The average Bonchev–Trinajstić information content (AvgIpc) is 1.47. The molecule has 14 aliphatic rings. The summed E-state index contributed by atoms with van der Waals surface area (Å²) in [7, 11) is 1.15. The molecule has 101 heavy (non-hydrogen) atoms. The van der Waals surface area contributed by atoms with Crippen molar-refractivity contribution < 1.29 is 171 Å². The minimum absolute atomic E-state index is 0.0878. The fraction of sp³-hybridized carbons (Fsp3) is 0.786. The third-order valence-electron chi connectivity index (χ3n) is 18.5. The van der Waals surface area contributed by atoms with Crippen molar-refractivity contribution in [3.05, 3.63) is 71.4 Å². The van der Waals surface area contributed by atoms with Crippen LogP contribution in [0.2, 0.25) is 0 Å². The molecule has 0 spiro atoms. The largest absolute Gasteiger partial charge is 0.379 e. The van der Waals surface area contributed by atoms with Crippen LogP contribution in [0.25, 0.3) is 0 Å². The van der Waals surface area contributed by atoms with Crippen LogP contribution < -0.4 is 0 Å². The van der Waals surface area contributed by atoms with Gasteiger partial charge < -0.3 is 144 Å². The highest BCUT2D eigenvalue weighted by molar-refractivity contribution is 7.56. The molecule has 0 aromatic heterocycles. The summed E-state index contributed by atoms with van der Waals surface area (Å²) < 4.78 is 164. The van der Waals surface area contributed by atoms with Gasteiger partial charge in [0.05, 0.1) is 89.0 Å². The maximum atomic E-state index is 10.9. The summed E-state index contributed by atoms with van der Waals surface area (Å²) in [6.45, 7) is 7.82. The van der Waals surface area contributed by atoms with Crippen LogP contribution in [-0.2, 0) is 113 Å². The Bertz CT molecular complexity index is 3180. The van der Waals surface area contributed by atoms with Crippen LogP contribution >= 0.6 is 45.6 Å². The molecule has 14 aliphatic heterocycles. The van der Waals surface area contributed by atoms with Gasteiger partial charge in [-0.2, -0.15) is 0 Å². The van der Waals surface area contributed by atoms with E-state index < -0.39 is 103 Å². The number of hydrogen-bond donors (Lipinski definition) is 12. The smallest absolute Gasteiger partial charge is 0.348 e.